The van der Waals surface area contributed by atoms with Gasteiger partial charge < -0.3 is 9.47 Å². The first-order valence-corrected chi connectivity index (χ1v) is 12.6. The first-order chi connectivity index (χ1) is 14.3. The second-order valence-corrected chi connectivity index (χ2v) is 9.65. The van der Waals surface area contributed by atoms with E-state index in [0.29, 0.717) is 37.4 Å². The van der Waals surface area contributed by atoms with Crippen LogP contribution in [0.1, 0.15) is 119 Å². The van der Waals surface area contributed by atoms with Crippen LogP contribution >= 0.6 is 0 Å². The van der Waals surface area contributed by atoms with E-state index in [4.69, 9.17) is 9.47 Å². The molecule has 2 atom stereocenters. The Morgan fingerprint density at radius 3 is 1.67 bits per heavy atom. The summed E-state index contributed by atoms with van der Waals surface area (Å²) in [5.41, 5.74) is 0. The van der Waals surface area contributed by atoms with Crippen LogP contribution in [0.5, 0.6) is 0 Å². The van der Waals surface area contributed by atoms with Crippen LogP contribution in [-0.4, -0.2) is 25.2 Å². The van der Waals surface area contributed by atoms with Crippen molar-refractivity contribution in [2.45, 2.75) is 119 Å². The fourth-order valence-corrected chi connectivity index (χ4v) is 3.81. The Balaban J connectivity index is 3.77. The Morgan fingerprint density at radius 2 is 1.17 bits per heavy atom. The van der Waals surface area contributed by atoms with Gasteiger partial charge in [0.15, 0.2) is 0 Å². The summed E-state index contributed by atoms with van der Waals surface area (Å²) >= 11 is 0. The number of hydrogen-bond acceptors (Lipinski definition) is 4. The smallest absolute Gasteiger partial charge is 0.309 e. The summed E-state index contributed by atoms with van der Waals surface area (Å²) in [6.07, 6.45) is 13.1. The molecule has 0 bridgehead atoms. The molecule has 0 saturated heterocycles. The molecule has 4 nitrogen and oxygen atoms in total. The molecule has 0 amide bonds. The molecular weight excluding hydrogens is 376 g/mol. The van der Waals surface area contributed by atoms with Gasteiger partial charge in [-0.2, -0.15) is 0 Å². The third-order valence-electron chi connectivity index (χ3n) is 5.68. The average molecular weight is 427 g/mol. The van der Waals surface area contributed by atoms with Gasteiger partial charge in [-0.05, 0) is 37.0 Å². The highest BCUT2D eigenvalue weighted by molar-refractivity contribution is 5.72. The van der Waals surface area contributed by atoms with Gasteiger partial charge in [0.05, 0.1) is 19.1 Å². The van der Waals surface area contributed by atoms with Gasteiger partial charge in [0, 0.05) is 6.42 Å². The van der Waals surface area contributed by atoms with E-state index < -0.39 is 0 Å². The Labute approximate surface area is 186 Å². The lowest BCUT2D eigenvalue weighted by Crippen LogP contribution is -2.26. The Bertz CT molecular complexity index is 431. The molecule has 0 aromatic rings. The maximum Gasteiger partial charge on any atom is 0.309 e. The van der Waals surface area contributed by atoms with Gasteiger partial charge >= 0.3 is 11.9 Å². The summed E-state index contributed by atoms with van der Waals surface area (Å²) in [4.78, 5) is 24.0. The van der Waals surface area contributed by atoms with Crippen molar-refractivity contribution in [3.63, 3.8) is 0 Å². The highest BCUT2D eigenvalue weighted by atomic mass is 16.5. The monoisotopic (exact) mass is 426 g/mol. The van der Waals surface area contributed by atoms with E-state index in [2.05, 4.69) is 41.5 Å². The zero-order valence-corrected chi connectivity index (χ0v) is 20.8. The van der Waals surface area contributed by atoms with Crippen LogP contribution in [0.3, 0.4) is 0 Å². The number of carbonyl (C=O) groups is 2. The quantitative estimate of drug-likeness (QED) is 0.160. The topological polar surface area (TPSA) is 52.6 Å². The number of carbonyl (C=O) groups excluding carboxylic acids is 2. The summed E-state index contributed by atoms with van der Waals surface area (Å²) in [6, 6.07) is 0. The fraction of sp³-hybridized carbons (Fsp3) is 0.923. The van der Waals surface area contributed by atoms with Crippen LogP contribution < -0.4 is 0 Å². The summed E-state index contributed by atoms with van der Waals surface area (Å²) in [5.74, 6) is 1.27. The lowest BCUT2D eigenvalue weighted by molar-refractivity contribution is -0.152. The van der Waals surface area contributed by atoms with Gasteiger partial charge in [0.2, 0.25) is 0 Å². The predicted octanol–water partition coefficient (Wildman–Crippen LogP) is 7.34. The predicted molar refractivity (Wildman–Crippen MR) is 125 cm³/mol. The molecule has 178 valence electrons. The van der Waals surface area contributed by atoms with Crippen LogP contribution in [-0.2, 0) is 19.1 Å². The van der Waals surface area contributed by atoms with Gasteiger partial charge in [0.25, 0.3) is 0 Å². The molecule has 0 N–H and O–H groups in total. The molecule has 0 aliphatic heterocycles. The molecule has 0 aliphatic rings. The van der Waals surface area contributed by atoms with Crippen LogP contribution in [0.2, 0.25) is 0 Å². The van der Waals surface area contributed by atoms with E-state index in [-0.39, 0.29) is 17.9 Å². The van der Waals surface area contributed by atoms with Crippen LogP contribution in [0.25, 0.3) is 0 Å². The average Bonchev–Trinajstić information content (AvgIpc) is 2.70. The minimum Gasteiger partial charge on any atom is -0.465 e. The van der Waals surface area contributed by atoms with Crippen molar-refractivity contribution < 1.29 is 19.1 Å². The van der Waals surface area contributed by atoms with E-state index in [1.165, 1.54) is 38.5 Å². The van der Waals surface area contributed by atoms with E-state index >= 15 is 0 Å². The first kappa shape index (κ1) is 28.9. The molecule has 0 aliphatic carbocycles. The summed E-state index contributed by atoms with van der Waals surface area (Å²) < 4.78 is 10.7. The molecular formula is C26H50O4. The molecule has 0 saturated carbocycles. The van der Waals surface area contributed by atoms with Gasteiger partial charge in [-0.1, -0.05) is 92.9 Å². The van der Waals surface area contributed by atoms with E-state index in [9.17, 15) is 9.59 Å². The highest BCUT2D eigenvalue weighted by Gasteiger charge is 2.26. The molecule has 0 aromatic carbocycles. The molecule has 30 heavy (non-hydrogen) atoms. The summed E-state index contributed by atoms with van der Waals surface area (Å²) in [6.45, 7) is 13.6. The van der Waals surface area contributed by atoms with Crippen molar-refractivity contribution in [1.82, 2.24) is 0 Å². The van der Waals surface area contributed by atoms with Crippen molar-refractivity contribution in [3.05, 3.63) is 0 Å². The minimum atomic E-state index is -0.0485. The lowest BCUT2D eigenvalue weighted by atomic mass is 9.84. The van der Waals surface area contributed by atoms with E-state index in [0.717, 1.165) is 32.1 Å². The van der Waals surface area contributed by atoms with Crippen molar-refractivity contribution in [1.29, 1.82) is 0 Å². The van der Waals surface area contributed by atoms with Crippen molar-refractivity contribution in [2.24, 2.45) is 23.7 Å². The lowest BCUT2D eigenvalue weighted by Gasteiger charge is -2.24. The number of esters is 2. The van der Waals surface area contributed by atoms with Gasteiger partial charge in [-0.15, -0.1) is 0 Å². The van der Waals surface area contributed by atoms with Gasteiger partial charge in [-0.3, -0.25) is 9.59 Å². The second-order valence-electron chi connectivity index (χ2n) is 9.65. The van der Waals surface area contributed by atoms with Crippen molar-refractivity contribution in [3.8, 4) is 0 Å². The highest BCUT2D eigenvalue weighted by Crippen LogP contribution is 2.27. The summed E-state index contributed by atoms with van der Waals surface area (Å²) in [5, 5.41) is 0. The third-order valence-corrected chi connectivity index (χ3v) is 5.68. The number of ether oxygens (including phenoxy) is 2. The zero-order chi connectivity index (χ0) is 22.8. The summed E-state index contributed by atoms with van der Waals surface area (Å²) in [7, 11) is 0. The maximum atomic E-state index is 12.4. The minimum absolute atomic E-state index is 0.00568. The van der Waals surface area contributed by atoms with E-state index in [1.807, 2.05) is 0 Å². The molecule has 0 fully saturated rings. The maximum absolute atomic E-state index is 12.4. The molecule has 0 spiro atoms. The SMILES string of the molecule is CCC(CCCCCCCCCCC(=O)OCC(C)C)C(CC)C(=O)OCC(C)C. The molecule has 0 radical (unpaired) electrons. The molecule has 2 unspecified atom stereocenters. The Hall–Kier alpha value is -1.06. The van der Waals surface area contributed by atoms with Crippen molar-refractivity contribution >= 4 is 11.9 Å². The molecule has 0 heterocycles. The van der Waals surface area contributed by atoms with Crippen LogP contribution in [0.15, 0.2) is 0 Å². The Kier molecular flexibility index (Phi) is 18.0. The van der Waals surface area contributed by atoms with E-state index in [1.54, 1.807) is 0 Å². The van der Waals surface area contributed by atoms with Crippen LogP contribution in [0, 0.1) is 23.7 Å². The largest absolute Gasteiger partial charge is 0.465 e. The molecule has 0 aromatic heterocycles. The zero-order valence-electron chi connectivity index (χ0n) is 20.8. The van der Waals surface area contributed by atoms with Gasteiger partial charge in [-0.25, -0.2) is 0 Å². The molecule has 4 heteroatoms. The first-order valence-electron chi connectivity index (χ1n) is 12.6. The number of unbranched alkanes of at least 4 members (excludes halogenated alkanes) is 7. The fourth-order valence-electron chi connectivity index (χ4n) is 3.81. The van der Waals surface area contributed by atoms with Crippen LogP contribution in [0.4, 0.5) is 0 Å². The van der Waals surface area contributed by atoms with Crippen molar-refractivity contribution in [2.75, 3.05) is 13.2 Å². The second kappa shape index (κ2) is 18.7. The number of hydrogen-bond donors (Lipinski definition) is 0. The standard InChI is InChI=1S/C26H50O4/c1-7-23(24(8-2)26(28)30-20-22(5)6)17-15-13-11-9-10-12-14-16-18-25(27)29-19-21(3)4/h21-24H,7-20H2,1-6H3. The normalized spacial score (nSPS) is 13.5. The Morgan fingerprint density at radius 1 is 0.667 bits per heavy atom. The third kappa shape index (κ3) is 15.7. The number of rotatable bonds is 19. The van der Waals surface area contributed by atoms with Gasteiger partial charge in [0.1, 0.15) is 0 Å². The molecule has 0 rings (SSSR count).